The van der Waals surface area contributed by atoms with Crippen molar-refractivity contribution in [2.24, 2.45) is 5.14 Å². The molecule has 1 aliphatic rings. The van der Waals surface area contributed by atoms with E-state index >= 15 is 0 Å². The quantitative estimate of drug-likeness (QED) is 0.766. The molecule has 8 heteroatoms. The first kappa shape index (κ1) is 13.6. The Morgan fingerprint density at radius 3 is 2.89 bits per heavy atom. The van der Waals surface area contributed by atoms with Gasteiger partial charge in [0, 0.05) is 13.1 Å². The molecule has 1 aliphatic heterocycles. The molecule has 3 N–H and O–H groups in total. The molecule has 0 atom stereocenters. The van der Waals surface area contributed by atoms with Gasteiger partial charge in [-0.15, -0.1) is 0 Å². The van der Waals surface area contributed by atoms with Crippen LogP contribution >= 0.6 is 15.9 Å². The zero-order valence-electron chi connectivity index (χ0n) is 9.48. The molecule has 6 nitrogen and oxygen atoms in total. The summed E-state index contributed by atoms with van der Waals surface area (Å²) in [6, 6.07) is 3.76. The molecule has 0 radical (unpaired) electrons. The zero-order valence-corrected chi connectivity index (χ0v) is 11.9. The van der Waals surface area contributed by atoms with Crippen LogP contribution in [0.1, 0.15) is 5.56 Å². The highest BCUT2D eigenvalue weighted by atomic mass is 79.9. The molecule has 1 aromatic carbocycles. The van der Waals surface area contributed by atoms with Gasteiger partial charge < -0.3 is 14.8 Å². The minimum absolute atomic E-state index is 0.0846. The highest BCUT2D eigenvalue weighted by Gasteiger charge is 2.17. The maximum absolute atomic E-state index is 10.7. The van der Waals surface area contributed by atoms with E-state index in [2.05, 4.69) is 21.2 Å². The number of halogens is 1. The Morgan fingerprint density at radius 1 is 1.39 bits per heavy atom. The predicted molar refractivity (Wildman–Crippen MR) is 69.9 cm³/mol. The van der Waals surface area contributed by atoms with Crippen LogP contribution in [0.15, 0.2) is 16.6 Å². The van der Waals surface area contributed by atoms with E-state index < -0.39 is 10.0 Å². The van der Waals surface area contributed by atoms with Crippen molar-refractivity contribution in [1.29, 1.82) is 0 Å². The van der Waals surface area contributed by atoms with Crippen LogP contribution in [-0.2, 0) is 16.6 Å². The van der Waals surface area contributed by atoms with Crippen LogP contribution in [0.2, 0.25) is 0 Å². The fraction of sp³-hybridized carbons (Fsp3) is 0.400. The number of nitrogens with one attached hydrogen (secondary N) is 1. The van der Waals surface area contributed by atoms with Gasteiger partial charge in [0.2, 0.25) is 16.8 Å². The van der Waals surface area contributed by atoms with Crippen molar-refractivity contribution in [2.45, 2.75) is 6.54 Å². The summed E-state index contributed by atoms with van der Waals surface area (Å²) in [4.78, 5) is 0. The number of primary sulfonamides is 1. The Hall–Kier alpha value is -0.830. The molecule has 0 saturated carbocycles. The van der Waals surface area contributed by atoms with Gasteiger partial charge in [0.05, 0.1) is 10.2 Å². The summed E-state index contributed by atoms with van der Waals surface area (Å²) in [5.74, 6) is 1.30. The average molecular weight is 337 g/mol. The molecule has 0 saturated heterocycles. The maximum Gasteiger partial charge on any atom is 0.231 e. The van der Waals surface area contributed by atoms with E-state index in [-0.39, 0.29) is 12.5 Å². The van der Waals surface area contributed by atoms with Gasteiger partial charge in [0.15, 0.2) is 11.5 Å². The van der Waals surface area contributed by atoms with E-state index in [1.54, 1.807) is 0 Å². The van der Waals surface area contributed by atoms with Crippen LogP contribution in [0.4, 0.5) is 0 Å². The van der Waals surface area contributed by atoms with Gasteiger partial charge in [-0.05, 0) is 33.6 Å². The second kappa shape index (κ2) is 5.43. The van der Waals surface area contributed by atoms with Crippen LogP contribution in [0.3, 0.4) is 0 Å². The third kappa shape index (κ3) is 3.58. The molecule has 0 amide bonds. The standard InChI is InChI=1S/C10H13BrN2O4S/c11-8-3-7(4-9-10(8)17-6-16-9)5-13-1-2-18(12,14)15/h3-4,13H,1-2,5-6H2,(H2,12,14,15). The van der Waals surface area contributed by atoms with Gasteiger partial charge in [-0.25, -0.2) is 13.6 Å². The van der Waals surface area contributed by atoms with Gasteiger partial charge in [-0.2, -0.15) is 0 Å². The molecule has 1 aromatic rings. The predicted octanol–water partition coefficient (Wildman–Crippen LogP) is 0.556. The molecule has 0 fully saturated rings. The number of hydrogen-bond donors (Lipinski definition) is 2. The molecule has 100 valence electrons. The lowest BCUT2D eigenvalue weighted by molar-refractivity contribution is 0.173. The van der Waals surface area contributed by atoms with Crippen LogP contribution in [-0.4, -0.2) is 27.5 Å². The van der Waals surface area contributed by atoms with Crippen molar-refractivity contribution < 1.29 is 17.9 Å². The number of nitrogens with two attached hydrogens (primary N) is 1. The van der Waals surface area contributed by atoms with Gasteiger partial charge in [0.1, 0.15) is 0 Å². The van der Waals surface area contributed by atoms with E-state index in [0.29, 0.717) is 24.6 Å². The Bertz CT molecular complexity index is 547. The number of benzene rings is 1. The van der Waals surface area contributed by atoms with Gasteiger partial charge in [-0.3, -0.25) is 0 Å². The van der Waals surface area contributed by atoms with Crippen LogP contribution in [0, 0.1) is 0 Å². The van der Waals surface area contributed by atoms with Crippen LogP contribution in [0.25, 0.3) is 0 Å². The number of ether oxygens (including phenoxy) is 2. The summed E-state index contributed by atoms with van der Waals surface area (Å²) in [6.07, 6.45) is 0. The molecule has 0 aromatic heterocycles. The topological polar surface area (TPSA) is 90.7 Å². The Morgan fingerprint density at radius 2 is 2.17 bits per heavy atom. The number of sulfonamides is 1. The van der Waals surface area contributed by atoms with Crippen molar-refractivity contribution in [1.82, 2.24) is 5.32 Å². The summed E-state index contributed by atoms with van der Waals surface area (Å²) in [7, 11) is -3.41. The minimum Gasteiger partial charge on any atom is -0.454 e. The molecule has 0 spiro atoms. The summed E-state index contributed by atoms with van der Waals surface area (Å²) in [6.45, 7) is 1.06. The van der Waals surface area contributed by atoms with E-state index in [4.69, 9.17) is 14.6 Å². The number of rotatable bonds is 5. The van der Waals surface area contributed by atoms with Crippen LogP contribution in [0.5, 0.6) is 11.5 Å². The van der Waals surface area contributed by atoms with E-state index in [1.165, 1.54) is 0 Å². The summed E-state index contributed by atoms with van der Waals surface area (Å²) in [5, 5.41) is 7.90. The largest absolute Gasteiger partial charge is 0.454 e. The fourth-order valence-corrected chi connectivity index (χ4v) is 2.60. The Labute approximate surface area is 114 Å². The number of fused-ring (bicyclic) bond motifs is 1. The highest BCUT2D eigenvalue weighted by molar-refractivity contribution is 9.10. The molecule has 0 aliphatic carbocycles. The zero-order chi connectivity index (χ0) is 13.2. The van der Waals surface area contributed by atoms with Crippen molar-refractivity contribution in [3.63, 3.8) is 0 Å². The van der Waals surface area contributed by atoms with Crippen LogP contribution < -0.4 is 19.9 Å². The highest BCUT2D eigenvalue weighted by Crippen LogP contribution is 2.39. The molecule has 2 rings (SSSR count). The van der Waals surface area contributed by atoms with Gasteiger partial charge >= 0.3 is 0 Å². The maximum atomic E-state index is 10.7. The Balaban J connectivity index is 1.93. The average Bonchev–Trinajstić information content (AvgIpc) is 2.71. The first-order valence-corrected chi connectivity index (χ1v) is 7.76. The fourth-order valence-electron chi connectivity index (χ4n) is 1.57. The van der Waals surface area contributed by atoms with Gasteiger partial charge in [-0.1, -0.05) is 0 Å². The molecule has 1 heterocycles. The SMILES string of the molecule is NS(=O)(=O)CCNCc1cc(Br)c2c(c1)OCO2. The first-order chi connectivity index (χ1) is 8.46. The van der Waals surface area contributed by atoms with Crippen molar-refractivity contribution in [3.05, 3.63) is 22.2 Å². The van der Waals surface area contributed by atoms with E-state index in [9.17, 15) is 8.42 Å². The van der Waals surface area contributed by atoms with Crippen molar-refractivity contribution in [2.75, 3.05) is 19.1 Å². The lowest BCUT2D eigenvalue weighted by Gasteiger charge is -2.06. The van der Waals surface area contributed by atoms with E-state index in [0.717, 1.165) is 10.0 Å². The second-order valence-electron chi connectivity index (χ2n) is 3.86. The monoisotopic (exact) mass is 336 g/mol. The molecule has 0 unspecified atom stereocenters. The third-order valence-corrected chi connectivity index (χ3v) is 3.74. The lowest BCUT2D eigenvalue weighted by Crippen LogP contribution is -2.26. The Kier molecular flexibility index (Phi) is 4.10. The minimum atomic E-state index is -3.41. The molecular formula is C10H13BrN2O4S. The molecule has 0 bridgehead atoms. The van der Waals surface area contributed by atoms with Crippen molar-refractivity contribution in [3.8, 4) is 11.5 Å². The third-order valence-electron chi connectivity index (χ3n) is 2.38. The smallest absolute Gasteiger partial charge is 0.231 e. The molecular weight excluding hydrogens is 324 g/mol. The first-order valence-electron chi connectivity index (χ1n) is 5.25. The van der Waals surface area contributed by atoms with Gasteiger partial charge in [0.25, 0.3) is 0 Å². The summed E-state index contributed by atoms with van der Waals surface area (Å²) < 4.78 is 32.9. The lowest BCUT2D eigenvalue weighted by atomic mass is 10.2. The summed E-state index contributed by atoms with van der Waals surface area (Å²) >= 11 is 3.39. The van der Waals surface area contributed by atoms with Crippen molar-refractivity contribution >= 4 is 26.0 Å². The summed E-state index contributed by atoms with van der Waals surface area (Å²) in [5.41, 5.74) is 0.973. The molecule has 18 heavy (non-hydrogen) atoms. The second-order valence-corrected chi connectivity index (χ2v) is 6.44. The normalized spacial score (nSPS) is 13.9. The number of hydrogen-bond acceptors (Lipinski definition) is 5. The van der Waals surface area contributed by atoms with E-state index in [1.807, 2.05) is 12.1 Å².